The molecule has 5 heteroatoms. The number of thiazole rings is 1. The number of hydrogen-bond acceptors (Lipinski definition) is 5. The summed E-state index contributed by atoms with van der Waals surface area (Å²) in [6.07, 6.45) is 6.32. The van der Waals surface area contributed by atoms with Crippen molar-refractivity contribution in [2.75, 3.05) is 38.6 Å². The Morgan fingerprint density at radius 2 is 2.19 bits per heavy atom. The number of aromatic nitrogens is 1. The summed E-state index contributed by atoms with van der Waals surface area (Å²) >= 11 is 1.95. The maximum atomic E-state index is 5.01. The van der Waals surface area contributed by atoms with Crippen LogP contribution in [0.3, 0.4) is 0 Å². The number of anilines is 1. The third-order valence-corrected chi connectivity index (χ3v) is 5.84. The fourth-order valence-corrected chi connectivity index (χ4v) is 4.99. The molecule has 3 rings (SSSR count). The van der Waals surface area contributed by atoms with Gasteiger partial charge in [0.25, 0.3) is 0 Å². The summed E-state index contributed by atoms with van der Waals surface area (Å²) < 4.78 is 0. The van der Waals surface area contributed by atoms with Crippen LogP contribution >= 0.6 is 11.3 Å². The van der Waals surface area contributed by atoms with E-state index in [0.29, 0.717) is 12.1 Å². The Bertz CT molecular complexity index is 471. The molecule has 1 aromatic heterocycles. The van der Waals surface area contributed by atoms with E-state index in [1.54, 1.807) is 0 Å². The first-order chi connectivity index (χ1) is 10.2. The summed E-state index contributed by atoms with van der Waals surface area (Å²) in [7, 11) is 4.34. The van der Waals surface area contributed by atoms with Crippen LogP contribution in [0.25, 0.3) is 0 Å². The molecule has 1 saturated heterocycles. The molecule has 1 N–H and O–H groups in total. The number of fused-ring (bicyclic) bond motifs is 1. The Kier molecular flexibility index (Phi) is 4.82. The molecule has 1 aliphatic heterocycles. The molecule has 0 aromatic carbocycles. The van der Waals surface area contributed by atoms with E-state index < -0.39 is 0 Å². The molecule has 0 saturated carbocycles. The summed E-state index contributed by atoms with van der Waals surface area (Å²) in [4.78, 5) is 11.4. The van der Waals surface area contributed by atoms with Gasteiger partial charge in [0.05, 0.1) is 5.69 Å². The third kappa shape index (κ3) is 3.25. The van der Waals surface area contributed by atoms with Gasteiger partial charge in [-0.05, 0) is 52.7 Å². The molecule has 1 aliphatic carbocycles. The van der Waals surface area contributed by atoms with E-state index in [1.165, 1.54) is 54.4 Å². The molecule has 0 bridgehead atoms. The van der Waals surface area contributed by atoms with Gasteiger partial charge in [0.1, 0.15) is 0 Å². The zero-order valence-electron chi connectivity index (χ0n) is 13.6. The topological polar surface area (TPSA) is 31.4 Å². The first-order valence-electron chi connectivity index (χ1n) is 8.33. The molecular weight excluding hydrogens is 280 g/mol. The van der Waals surface area contributed by atoms with E-state index in [1.807, 2.05) is 11.3 Å². The van der Waals surface area contributed by atoms with Gasteiger partial charge in [-0.1, -0.05) is 18.3 Å². The SMILES string of the molecule is CCNC1CCCc2nc(N3CCCC3CN(C)C)sc21. The van der Waals surface area contributed by atoms with Gasteiger partial charge in [0, 0.05) is 30.1 Å². The fraction of sp³-hybridized carbons (Fsp3) is 0.812. The van der Waals surface area contributed by atoms with E-state index >= 15 is 0 Å². The number of hydrogen-bond donors (Lipinski definition) is 1. The molecule has 0 amide bonds. The highest BCUT2D eigenvalue weighted by Crippen LogP contribution is 2.39. The normalized spacial score (nSPS) is 25.6. The number of likely N-dealkylation sites (N-methyl/N-ethyl adjacent to an activating group) is 1. The first-order valence-corrected chi connectivity index (χ1v) is 9.15. The molecule has 1 aromatic rings. The van der Waals surface area contributed by atoms with Gasteiger partial charge in [-0.15, -0.1) is 0 Å². The van der Waals surface area contributed by atoms with Crippen LogP contribution in [-0.4, -0.2) is 49.7 Å². The first kappa shape index (κ1) is 15.3. The summed E-state index contributed by atoms with van der Waals surface area (Å²) in [6.45, 7) is 5.56. The van der Waals surface area contributed by atoms with Crippen LogP contribution in [0.2, 0.25) is 0 Å². The van der Waals surface area contributed by atoms with Gasteiger partial charge < -0.3 is 15.1 Å². The summed E-state index contributed by atoms with van der Waals surface area (Å²) in [5.41, 5.74) is 1.36. The summed E-state index contributed by atoms with van der Waals surface area (Å²) in [6, 6.07) is 1.19. The highest BCUT2D eigenvalue weighted by atomic mass is 32.1. The van der Waals surface area contributed by atoms with Crippen molar-refractivity contribution < 1.29 is 0 Å². The molecule has 1 fully saturated rings. The van der Waals surface area contributed by atoms with Gasteiger partial charge in [-0.25, -0.2) is 4.98 Å². The van der Waals surface area contributed by atoms with Crippen molar-refractivity contribution in [2.24, 2.45) is 0 Å². The molecule has 0 spiro atoms. The highest BCUT2D eigenvalue weighted by molar-refractivity contribution is 7.15. The average Bonchev–Trinajstić information content (AvgIpc) is 3.04. The van der Waals surface area contributed by atoms with E-state index in [-0.39, 0.29) is 0 Å². The maximum Gasteiger partial charge on any atom is 0.186 e. The Labute approximate surface area is 132 Å². The zero-order chi connectivity index (χ0) is 14.8. The predicted molar refractivity (Wildman–Crippen MR) is 90.4 cm³/mol. The highest BCUT2D eigenvalue weighted by Gasteiger charge is 2.30. The van der Waals surface area contributed by atoms with Crippen molar-refractivity contribution >= 4 is 16.5 Å². The van der Waals surface area contributed by atoms with Crippen LogP contribution in [0.15, 0.2) is 0 Å². The van der Waals surface area contributed by atoms with Crippen molar-refractivity contribution in [2.45, 2.75) is 51.1 Å². The lowest BCUT2D eigenvalue weighted by Gasteiger charge is -2.26. The Morgan fingerprint density at radius 3 is 2.95 bits per heavy atom. The monoisotopic (exact) mass is 308 g/mol. The number of aryl methyl sites for hydroxylation is 1. The minimum atomic E-state index is 0.542. The van der Waals surface area contributed by atoms with Gasteiger partial charge in [-0.2, -0.15) is 0 Å². The second-order valence-corrected chi connectivity index (χ2v) is 7.57. The molecule has 2 atom stereocenters. The van der Waals surface area contributed by atoms with Crippen LogP contribution in [0.4, 0.5) is 5.13 Å². The molecule has 2 heterocycles. The van der Waals surface area contributed by atoms with Crippen molar-refractivity contribution in [3.05, 3.63) is 10.6 Å². The van der Waals surface area contributed by atoms with Gasteiger partial charge in [0.15, 0.2) is 5.13 Å². The lowest BCUT2D eigenvalue weighted by Crippen LogP contribution is -2.37. The van der Waals surface area contributed by atoms with Crippen LogP contribution in [0.5, 0.6) is 0 Å². The van der Waals surface area contributed by atoms with Crippen LogP contribution in [0.1, 0.15) is 49.2 Å². The largest absolute Gasteiger partial charge is 0.344 e. The smallest absolute Gasteiger partial charge is 0.186 e. The minimum Gasteiger partial charge on any atom is -0.344 e. The van der Waals surface area contributed by atoms with E-state index in [0.717, 1.165) is 13.1 Å². The van der Waals surface area contributed by atoms with Gasteiger partial charge >= 0.3 is 0 Å². The zero-order valence-corrected chi connectivity index (χ0v) is 14.4. The van der Waals surface area contributed by atoms with E-state index in [2.05, 4.69) is 36.1 Å². The molecular formula is C16H28N4S. The molecule has 0 radical (unpaired) electrons. The van der Waals surface area contributed by atoms with Crippen molar-refractivity contribution in [1.29, 1.82) is 0 Å². The summed E-state index contributed by atoms with van der Waals surface area (Å²) in [5, 5.41) is 4.90. The molecule has 2 unspecified atom stereocenters. The lowest BCUT2D eigenvalue weighted by atomic mass is 9.98. The minimum absolute atomic E-state index is 0.542. The van der Waals surface area contributed by atoms with E-state index in [4.69, 9.17) is 4.98 Å². The standard InChI is InChI=1S/C16H28N4S/c1-4-17-13-8-5-9-14-15(13)21-16(18-14)20-10-6-7-12(20)11-19(2)3/h12-13,17H,4-11H2,1-3H3. The molecule has 4 nitrogen and oxygen atoms in total. The Balaban J connectivity index is 1.80. The Hall–Kier alpha value is -0.650. The number of nitrogens with one attached hydrogen (secondary N) is 1. The van der Waals surface area contributed by atoms with Gasteiger partial charge in [0.2, 0.25) is 0 Å². The second kappa shape index (κ2) is 6.63. The quantitative estimate of drug-likeness (QED) is 0.906. The lowest BCUT2D eigenvalue weighted by molar-refractivity contribution is 0.372. The van der Waals surface area contributed by atoms with Crippen molar-refractivity contribution in [3.8, 4) is 0 Å². The number of rotatable bonds is 5. The van der Waals surface area contributed by atoms with Gasteiger partial charge in [-0.3, -0.25) is 0 Å². The second-order valence-electron chi connectivity index (χ2n) is 6.56. The van der Waals surface area contributed by atoms with E-state index in [9.17, 15) is 0 Å². The molecule has 21 heavy (non-hydrogen) atoms. The number of nitrogens with zero attached hydrogens (tertiary/aromatic N) is 3. The molecule has 2 aliphatic rings. The third-order valence-electron chi connectivity index (χ3n) is 4.59. The predicted octanol–water partition coefficient (Wildman–Crippen LogP) is 2.66. The Morgan fingerprint density at radius 1 is 1.33 bits per heavy atom. The average molecular weight is 308 g/mol. The van der Waals surface area contributed by atoms with Crippen molar-refractivity contribution in [3.63, 3.8) is 0 Å². The fourth-order valence-electron chi connectivity index (χ4n) is 3.67. The van der Waals surface area contributed by atoms with Crippen LogP contribution in [-0.2, 0) is 6.42 Å². The van der Waals surface area contributed by atoms with Crippen molar-refractivity contribution in [1.82, 2.24) is 15.2 Å². The maximum absolute atomic E-state index is 5.01. The van der Waals surface area contributed by atoms with Crippen LogP contribution in [0, 0.1) is 0 Å². The summed E-state index contributed by atoms with van der Waals surface area (Å²) in [5.74, 6) is 0. The van der Waals surface area contributed by atoms with Crippen LogP contribution < -0.4 is 10.2 Å². The molecule has 118 valence electrons.